The average Bonchev–Trinajstić information content (AvgIpc) is 3.19. The molecule has 1 aliphatic carbocycles. The van der Waals surface area contributed by atoms with Crippen LogP contribution in [0.4, 0.5) is 13.2 Å². The summed E-state index contributed by atoms with van der Waals surface area (Å²) in [6.07, 6.45) is -0.536. The number of ether oxygens (including phenoxy) is 1. The van der Waals surface area contributed by atoms with Crippen LogP contribution in [0.15, 0.2) is 5.38 Å². The van der Waals surface area contributed by atoms with Gasteiger partial charge in [-0.2, -0.15) is 13.2 Å². The van der Waals surface area contributed by atoms with Gasteiger partial charge in [0.25, 0.3) is 0 Å². The van der Waals surface area contributed by atoms with Gasteiger partial charge in [0.15, 0.2) is 0 Å². The molecule has 22 heavy (non-hydrogen) atoms. The summed E-state index contributed by atoms with van der Waals surface area (Å²) < 4.78 is 43.3. The third-order valence-electron chi connectivity index (χ3n) is 4.28. The number of alkyl halides is 3. The lowest BCUT2D eigenvalue weighted by atomic mass is 9.94. The molecule has 1 aliphatic heterocycles. The summed E-state index contributed by atoms with van der Waals surface area (Å²) in [5, 5.41) is 4.75. The fraction of sp³-hybridized carbons (Fsp3) is 0.714. The fourth-order valence-electron chi connectivity index (χ4n) is 3.14. The number of nitrogens with zero attached hydrogens (tertiary/aromatic N) is 1. The second kappa shape index (κ2) is 5.81. The maximum absolute atomic E-state index is 12.6. The van der Waals surface area contributed by atoms with Gasteiger partial charge in [0.05, 0.1) is 11.2 Å². The van der Waals surface area contributed by atoms with E-state index >= 15 is 0 Å². The van der Waals surface area contributed by atoms with E-state index in [4.69, 9.17) is 4.74 Å². The maximum Gasteiger partial charge on any atom is 0.471 e. The van der Waals surface area contributed by atoms with E-state index in [1.165, 1.54) is 11.3 Å². The smallest absolute Gasteiger partial charge is 0.371 e. The van der Waals surface area contributed by atoms with Crippen LogP contribution < -0.4 is 5.32 Å². The zero-order valence-electron chi connectivity index (χ0n) is 11.9. The Bertz CT molecular complexity index is 547. The second-order valence-corrected chi connectivity index (χ2v) is 6.70. The van der Waals surface area contributed by atoms with Crippen LogP contribution in [0.5, 0.6) is 0 Å². The van der Waals surface area contributed by atoms with E-state index in [0.717, 1.165) is 30.7 Å². The van der Waals surface area contributed by atoms with Crippen LogP contribution in [0, 0.1) is 0 Å². The van der Waals surface area contributed by atoms with Crippen molar-refractivity contribution in [3.63, 3.8) is 0 Å². The highest BCUT2D eigenvalue weighted by Gasteiger charge is 2.47. The zero-order chi connectivity index (χ0) is 15.8. The van der Waals surface area contributed by atoms with Gasteiger partial charge in [-0.05, 0) is 25.7 Å². The quantitative estimate of drug-likeness (QED) is 0.921. The van der Waals surface area contributed by atoms with Gasteiger partial charge in [0, 0.05) is 12.0 Å². The third kappa shape index (κ3) is 2.99. The summed E-state index contributed by atoms with van der Waals surface area (Å²) in [5.41, 5.74) is -0.446. The first kappa shape index (κ1) is 15.7. The van der Waals surface area contributed by atoms with Crippen LogP contribution in [0.1, 0.15) is 55.3 Å². The number of amides is 1. The highest BCUT2D eigenvalue weighted by atomic mass is 32.1. The second-order valence-electron chi connectivity index (χ2n) is 5.81. The molecule has 1 N–H and O–H groups in total. The number of aromatic nitrogens is 1. The number of hydrogen-bond donors (Lipinski definition) is 1. The summed E-state index contributed by atoms with van der Waals surface area (Å²) in [5.74, 6) is -1.89. The van der Waals surface area contributed by atoms with Crippen LogP contribution in [-0.4, -0.2) is 23.7 Å². The van der Waals surface area contributed by atoms with Crippen LogP contribution in [0.3, 0.4) is 0 Å². The predicted octanol–water partition coefficient (Wildman–Crippen LogP) is 3.44. The number of carbonyl (C=O) groups excluding carboxylic acids is 1. The number of nitrogens with one attached hydrogen (secondary N) is 1. The molecule has 1 aromatic heterocycles. The van der Waals surface area contributed by atoms with E-state index in [1.807, 2.05) is 0 Å². The van der Waals surface area contributed by atoms with Gasteiger partial charge in [-0.15, -0.1) is 11.3 Å². The van der Waals surface area contributed by atoms with E-state index in [2.05, 4.69) is 10.3 Å². The lowest BCUT2D eigenvalue weighted by Gasteiger charge is -2.29. The van der Waals surface area contributed by atoms with E-state index < -0.39 is 17.6 Å². The molecule has 0 spiro atoms. The molecule has 1 amide bonds. The Labute approximate surface area is 130 Å². The summed E-state index contributed by atoms with van der Waals surface area (Å²) in [4.78, 5) is 15.9. The first-order chi connectivity index (χ1) is 10.4. The Morgan fingerprint density at radius 2 is 2.09 bits per heavy atom. The molecule has 0 aromatic carbocycles. The predicted molar refractivity (Wildman–Crippen MR) is 74.4 cm³/mol. The number of rotatable bonds is 3. The average molecular weight is 334 g/mol. The van der Waals surface area contributed by atoms with E-state index in [0.29, 0.717) is 25.1 Å². The Morgan fingerprint density at radius 1 is 1.36 bits per heavy atom. The molecular weight excluding hydrogens is 317 g/mol. The molecule has 122 valence electrons. The van der Waals surface area contributed by atoms with Crippen LogP contribution >= 0.6 is 11.3 Å². The van der Waals surface area contributed by atoms with Crippen molar-refractivity contribution < 1.29 is 22.7 Å². The molecule has 1 atom stereocenters. The van der Waals surface area contributed by atoms with Gasteiger partial charge in [0.1, 0.15) is 11.1 Å². The maximum atomic E-state index is 12.6. The number of thiazole rings is 1. The molecule has 1 saturated carbocycles. The molecule has 2 fully saturated rings. The normalized spacial score (nSPS) is 24.6. The molecule has 2 aliphatic rings. The minimum atomic E-state index is -4.87. The van der Waals surface area contributed by atoms with Gasteiger partial charge in [0.2, 0.25) is 0 Å². The van der Waals surface area contributed by atoms with Crippen LogP contribution in [-0.2, 0) is 15.1 Å². The molecule has 4 nitrogen and oxygen atoms in total. The monoisotopic (exact) mass is 334 g/mol. The van der Waals surface area contributed by atoms with Crippen molar-refractivity contribution in [1.82, 2.24) is 10.3 Å². The number of carbonyl (C=O) groups is 1. The minimum Gasteiger partial charge on any atom is -0.371 e. The van der Waals surface area contributed by atoms with Crippen LogP contribution in [0.2, 0.25) is 0 Å². The summed E-state index contributed by atoms with van der Waals surface area (Å²) in [6, 6.07) is 0. The van der Waals surface area contributed by atoms with Crippen LogP contribution in [0.25, 0.3) is 0 Å². The van der Waals surface area contributed by atoms with E-state index in [9.17, 15) is 18.0 Å². The Balaban J connectivity index is 1.83. The summed E-state index contributed by atoms with van der Waals surface area (Å²) in [7, 11) is 0. The Morgan fingerprint density at radius 3 is 2.68 bits per heavy atom. The van der Waals surface area contributed by atoms with Crippen molar-refractivity contribution >= 4 is 17.2 Å². The van der Waals surface area contributed by atoms with Gasteiger partial charge in [-0.25, -0.2) is 4.98 Å². The zero-order valence-corrected chi connectivity index (χ0v) is 12.7. The molecule has 2 heterocycles. The molecule has 1 unspecified atom stereocenters. The molecule has 0 radical (unpaired) electrons. The highest BCUT2D eigenvalue weighted by Crippen LogP contribution is 2.41. The van der Waals surface area contributed by atoms with Gasteiger partial charge in [-0.3, -0.25) is 4.79 Å². The largest absolute Gasteiger partial charge is 0.471 e. The SMILES string of the molecule is O=C(NC1(c2csc(C3CCCO3)n2)CCCC1)C(F)(F)F. The van der Waals surface area contributed by atoms with Crippen molar-refractivity contribution in [3.05, 3.63) is 16.1 Å². The van der Waals surface area contributed by atoms with Gasteiger partial charge < -0.3 is 10.1 Å². The molecular formula is C14H17F3N2O2S. The number of halogens is 3. The topological polar surface area (TPSA) is 51.2 Å². The van der Waals surface area contributed by atoms with Crippen molar-refractivity contribution in [1.29, 1.82) is 0 Å². The van der Waals surface area contributed by atoms with Crippen molar-refractivity contribution in [2.24, 2.45) is 0 Å². The number of hydrogen-bond acceptors (Lipinski definition) is 4. The van der Waals surface area contributed by atoms with Crippen molar-refractivity contribution in [2.45, 2.75) is 56.3 Å². The highest BCUT2D eigenvalue weighted by molar-refractivity contribution is 7.09. The van der Waals surface area contributed by atoms with Gasteiger partial charge >= 0.3 is 12.1 Å². The fourth-order valence-corrected chi connectivity index (χ4v) is 4.14. The standard InChI is InChI=1S/C14H17F3N2O2S/c15-14(16,17)12(20)19-13(5-1-2-6-13)10-8-22-11(18-10)9-4-3-7-21-9/h8-9H,1-7H2,(H,19,20). The van der Waals surface area contributed by atoms with E-state index in [-0.39, 0.29) is 6.10 Å². The third-order valence-corrected chi connectivity index (χ3v) is 5.22. The minimum absolute atomic E-state index is 0.0597. The Kier molecular flexibility index (Phi) is 4.15. The Hall–Kier alpha value is -1.15. The molecule has 3 rings (SSSR count). The summed E-state index contributed by atoms with van der Waals surface area (Å²) >= 11 is 1.40. The van der Waals surface area contributed by atoms with Crippen molar-refractivity contribution in [2.75, 3.05) is 6.61 Å². The lowest BCUT2D eigenvalue weighted by molar-refractivity contribution is -0.176. The molecule has 1 saturated heterocycles. The first-order valence-electron chi connectivity index (χ1n) is 7.38. The summed E-state index contributed by atoms with van der Waals surface area (Å²) in [6.45, 7) is 0.690. The lowest BCUT2D eigenvalue weighted by Crippen LogP contribution is -2.49. The van der Waals surface area contributed by atoms with Gasteiger partial charge in [-0.1, -0.05) is 12.8 Å². The van der Waals surface area contributed by atoms with E-state index in [1.54, 1.807) is 5.38 Å². The molecule has 0 bridgehead atoms. The first-order valence-corrected chi connectivity index (χ1v) is 8.25. The van der Waals surface area contributed by atoms with Crippen molar-refractivity contribution in [3.8, 4) is 0 Å². The molecule has 8 heteroatoms. The molecule has 1 aromatic rings.